The normalized spacial score (nSPS) is 11.6. The van der Waals surface area contributed by atoms with Crippen molar-refractivity contribution >= 4 is 48.4 Å². The lowest BCUT2D eigenvalue weighted by molar-refractivity contribution is 0.616. The van der Waals surface area contributed by atoms with Crippen LogP contribution in [0.4, 0.5) is 0 Å². The Hall–Kier alpha value is -1.80. The second-order valence-electron chi connectivity index (χ2n) is 4.43. The van der Waals surface area contributed by atoms with E-state index in [-0.39, 0.29) is 0 Å². The quantitative estimate of drug-likeness (QED) is 0.390. The van der Waals surface area contributed by atoms with Gasteiger partial charge in [-0.25, -0.2) is 0 Å². The fourth-order valence-corrected chi connectivity index (χ4v) is 2.96. The monoisotopic (exact) mass is 296 g/mol. The minimum atomic E-state index is 0.943. The van der Waals surface area contributed by atoms with E-state index in [1.807, 2.05) is 12.1 Å². The first-order chi connectivity index (χ1) is 8.83. The molecule has 0 bridgehead atoms. The van der Waals surface area contributed by atoms with E-state index in [4.69, 9.17) is 4.42 Å². The van der Waals surface area contributed by atoms with Gasteiger partial charge in [-0.05, 0) is 40.4 Å². The highest BCUT2D eigenvalue weighted by Gasteiger charge is 2.06. The molecule has 86 valence electrons. The van der Waals surface area contributed by atoms with Gasteiger partial charge >= 0.3 is 0 Å². The maximum atomic E-state index is 5.49. The van der Waals surface area contributed by atoms with Crippen LogP contribution in [0.2, 0.25) is 0 Å². The molecule has 2 heteroatoms. The molecule has 3 aromatic carbocycles. The van der Waals surface area contributed by atoms with Crippen LogP contribution < -0.4 is 0 Å². The van der Waals surface area contributed by atoms with E-state index in [0.29, 0.717) is 0 Å². The van der Waals surface area contributed by atoms with Crippen LogP contribution in [0.3, 0.4) is 0 Å². The van der Waals surface area contributed by atoms with Gasteiger partial charge in [0.2, 0.25) is 0 Å². The van der Waals surface area contributed by atoms with E-state index in [1.54, 1.807) is 6.26 Å². The van der Waals surface area contributed by atoms with Crippen LogP contribution in [0.25, 0.3) is 32.5 Å². The molecule has 18 heavy (non-hydrogen) atoms. The van der Waals surface area contributed by atoms with Crippen LogP contribution in [0.15, 0.2) is 63.7 Å². The molecular weight excluding hydrogens is 288 g/mol. The predicted molar refractivity (Wildman–Crippen MR) is 78.9 cm³/mol. The van der Waals surface area contributed by atoms with E-state index in [0.717, 1.165) is 10.1 Å². The molecule has 0 fully saturated rings. The molecule has 0 aliphatic heterocycles. The molecule has 0 unspecified atom stereocenters. The van der Waals surface area contributed by atoms with Crippen molar-refractivity contribution in [3.63, 3.8) is 0 Å². The Balaban J connectivity index is 2.35. The Kier molecular flexibility index (Phi) is 2.03. The first-order valence-corrected chi connectivity index (χ1v) is 6.60. The van der Waals surface area contributed by atoms with Crippen molar-refractivity contribution < 1.29 is 4.42 Å². The zero-order valence-electron chi connectivity index (χ0n) is 9.48. The average Bonchev–Trinajstić information content (AvgIpc) is 2.86. The lowest BCUT2D eigenvalue weighted by Gasteiger charge is -2.05. The largest absolute Gasteiger partial charge is 0.464 e. The third-order valence-corrected chi connectivity index (χ3v) is 3.89. The van der Waals surface area contributed by atoms with Gasteiger partial charge < -0.3 is 4.42 Å². The first-order valence-electron chi connectivity index (χ1n) is 5.81. The van der Waals surface area contributed by atoms with Crippen LogP contribution in [-0.4, -0.2) is 0 Å². The molecule has 0 saturated heterocycles. The number of fused-ring (bicyclic) bond motifs is 5. The molecule has 0 aliphatic carbocycles. The molecule has 0 aliphatic rings. The minimum Gasteiger partial charge on any atom is -0.464 e. The third kappa shape index (κ3) is 1.33. The molecule has 0 N–H and O–H groups in total. The van der Waals surface area contributed by atoms with Crippen LogP contribution in [0.1, 0.15) is 0 Å². The van der Waals surface area contributed by atoms with Crippen molar-refractivity contribution in [2.45, 2.75) is 0 Å². The summed E-state index contributed by atoms with van der Waals surface area (Å²) < 4.78 is 6.59. The highest BCUT2D eigenvalue weighted by atomic mass is 79.9. The van der Waals surface area contributed by atoms with E-state index < -0.39 is 0 Å². The Bertz CT molecular complexity index is 889. The summed E-state index contributed by atoms with van der Waals surface area (Å²) in [5.74, 6) is 0. The zero-order valence-corrected chi connectivity index (χ0v) is 11.1. The maximum absolute atomic E-state index is 5.49. The number of halogens is 1. The summed E-state index contributed by atoms with van der Waals surface area (Å²) in [4.78, 5) is 0. The smallest absolute Gasteiger partial charge is 0.134 e. The molecule has 0 radical (unpaired) electrons. The maximum Gasteiger partial charge on any atom is 0.134 e. The van der Waals surface area contributed by atoms with E-state index >= 15 is 0 Å². The molecule has 0 spiro atoms. The molecule has 4 rings (SSSR count). The summed E-state index contributed by atoms with van der Waals surface area (Å²) in [6.45, 7) is 0. The van der Waals surface area contributed by atoms with Crippen molar-refractivity contribution in [3.05, 3.63) is 59.3 Å². The van der Waals surface area contributed by atoms with Gasteiger partial charge in [0.25, 0.3) is 0 Å². The number of hydrogen-bond donors (Lipinski definition) is 0. The van der Waals surface area contributed by atoms with Crippen LogP contribution in [0, 0.1) is 0 Å². The highest BCUT2D eigenvalue weighted by Crippen LogP contribution is 2.33. The lowest BCUT2D eigenvalue weighted by Crippen LogP contribution is -1.79. The second kappa shape index (κ2) is 3.59. The SMILES string of the molecule is Brc1ccc2c(ccc3ccc4occc4c32)c1. The van der Waals surface area contributed by atoms with Gasteiger partial charge in [-0.2, -0.15) is 0 Å². The lowest BCUT2D eigenvalue weighted by atomic mass is 9.99. The summed E-state index contributed by atoms with van der Waals surface area (Å²) in [6, 6.07) is 16.9. The second-order valence-corrected chi connectivity index (χ2v) is 5.34. The van der Waals surface area contributed by atoms with Crippen LogP contribution in [-0.2, 0) is 0 Å². The minimum absolute atomic E-state index is 0.943. The van der Waals surface area contributed by atoms with Gasteiger partial charge in [0.05, 0.1) is 6.26 Å². The van der Waals surface area contributed by atoms with Gasteiger partial charge in [0, 0.05) is 15.2 Å². The van der Waals surface area contributed by atoms with Gasteiger partial charge in [-0.15, -0.1) is 0 Å². The molecule has 1 heterocycles. The molecule has 4 aromatic rings. The fourth-order valence-electron chi connectivity index (χ4n) is 2.58. The molecule has 1 aromatic heterocycles. The number of benzene rings is 3. The Morgan fingerprint density at radius 3 is 2.56 bits per heavy atom. The molecule has 0 amide bonds. The first kappa shape index (κ1) is 10.2. The summed E-state index contributed by atoms with van der Waals surface area (Å²) in [7, 11) is 0. The van der Waals surface area contributed by atoms with E-state index in [1.165, 1.54) is 26.9 Å². The highest BCUT2D eigenvalue weighted by molar-refractivity contribution is 9.10. The van der Waals surface area contributed by atoms with Gasteiger partial charge in [-0.1, -0.05) is 40.2 Å². The number of rotatable bonds is 0. The van der Waals surface area contributed by atoms with Crippen LogP contribution >= 0.6 is 15.9 Å². The molecule has 1 nitrogen and oxygen atoms in total. The van der Waals surface area contributed by atoms with Crippen molar-refractivity contribution in [1.29, 1.82) is 0 Å². The zero-order chi connectivity index (χ0) is 12.1. The van der Waals surface area contributed by atoms with Gasteiger partial charge in [0.15, 0.2) is 0 Å². The van der Waals surface area contributed by atoms with Crippen molar-refractivity contribution in [1.82, 2.24) is 0 Å². The van der Waals surface area contributed by atoms with E-state index in [9.17, 15) is 0 Å². The predicted octanol–water partition coefficient (Wildman–Crippen LogP) is 5.50. The fraction of sp³-hybridized carbons (Fsp3) is 0. The van der Waals surface area contributed by atoms with E-state index in [2.05, 4.69) is 52.3 Å². The Labute approximate surface area is 112 Å². The van der Waals surface area contributed by atoms with Crippen molar-refractivity contribution in [2.24, 2.45) is 0 Å². The van der Waals surface area contributed by atoms with Crippen molar-refractivity contribution in [3.8, 4) is 0 Å². The third-order valence-electron chi connectivity index (χ3n) is 3.39. The van der Waals surface area contributed by atoms with Crippen LogP contribution in [0.5, 0.6) is 0 Å². The summed E-state index contributed by atoms with van der Waals surface area (Å²) >= 11 is 3.52. The molecular formula is C16H9BrO. The van der Waals surface area contributed by atoms with Gasteiger partial charge in [0.1, 0.15) is 5.58 Å². The summed E-state index contributed by atoms with van der Waals surface area (Å²) in [5, 5.41) is 6.21. The summed E-state index contributed by atoms with van der Waals surface area (Å²) in [5.41, 5.74) is 0.943. The summed E-state index contributed by atoms with van der Waals surface area (Å²) in [6.07, 6.45) is 1.75. The Morgan fingerprint density at radius 1 is 0.778 bits per heavy atom. The molecule has 0 saturated carbocycles. The topological polar surface area (TPSA) is 13.1 Å². The Morgan fingerprint density at radius 2 is 1.61 bits per heavy atom. The van der Waals surface area contributed by atoms with Crippen molar-refractivity contribution in [2.75, 3.05) is 0 Å². The average molecular weight is 297 g/mol. The van der Waals surface area contributed by atoms with Gasteiger partial charge in [-0.3, -0.25) is 0 Å². The standard InChI is InChI=1S/C16H9BrO/c17-12-4-5-13-11(9-12)2-1-10-3-6-15-14(16(10)13)7-8-18-15/h1-9H. The molecule has 0 atom stereocenters. The number of hydrogen-bond acceptors (Lipinski definition) is 1. The number of furan rings is 1.